The van der Waals surface area contributed by atoms with Crippen LogP contribution in [-0.2, 0) is 9.47 Å². The van der Waals surface area contributed by atoms with Crippen LogP contribution in [0.1, 0.15) is 46.5 Å². The van der Waals surface area contributed by atoms with Crippen molar-refractivity contribution in [3.63, 3.8) is 0 Å². The third kappa shape index (κ3) is 4.81. The van der Waals surface area contributed by atoms with Gasteiger partial charge >= 0.3 is 0 Å². The van der Waals surface area contributed by atoms with Crippen molar-refractivity contribution in [3.05, 3.63) is 0 Å². The Hall–Kier alpha value is -0.120. The van der Waals surface area contributed by atoms with Gasteiger partial charge in [0, 0.05) is 26.3 Å². The minimum absolute atomic E-state index is 0.0833. The van der Waals surface area contributed by atoms with E-state index in [9.17, 15) is 0 Å². The van der Waals surface area contributed by atoms with Crippen LogP contribution >= 0.6 is 0 Å². The van der Waals surface area contributed by atoms with Gasteiger partial charge in [0.05, 0.1) is 0 Å². The number of nitrogens with one attached hydrogen (secondary N) is 1. The Morgan fingerprint density at radius 1 is 1.12 bits per heavy atom. The molecule has 1 N–H and O–H groups in total. The van der Waals surface area contributed by atoms with Crippen molar-refractivity contribution in [1.29, 1.82) is 0 Å². The van der Waals surface area contributed by atoms with Gasteiger partial charge in [-0.2, -0.15) is 0 Å². The molecule has 0 aromatic carbocycles. The Kier molecular flexibility index (Phi) is 6.32. The molecule has 0 aromatic rings. The maximum atomic E-state index is 5.50. The fourth-order valence-electron chi connectivity index (χ4n) is 2.43. The molecule has 0 unspecified atom stereocenters. The van der Waals surface area contributed by atoms with Crippen LogP contribution in [0, 0.1) is 5.41 Å². The van der Waals surface area contributed by atoms with Gasteiger partial charge < -0.3 is 14.8 Å². The first-order valence-corrected chi connectivity index (χ1v) is 6.64. The van der Waals surface area contributed by atoms with Crippen LogP contribution in [0.4, 0.5) is 0 Å². The molecule has 3 nitrogen and oxygen atoms in total. The van der Waals surface area contributed by atoms with Gasteiger partial charge in [-0.1, -0.05) is 19.8 Å². The Bertz CT molecular complexity index is 173. The predicted molar refractivity (Wildman–Crippen MR) is 66.5 cm³/mol. The molecular weight excluding hydrogens is 202 g/mol. The van der Waals surface area contributed by atoms with Gasteiger partial charge in [0.1, 0.15) is 0 Å². The van der Waals surface area contributed by atoms with Gasteiger partial charge in [0.15, 0.2) is 6.29 Å². The lowest BCUT2D eigenvalue weighted by Crippen LogP contribution is -2.37. The predicted octanol–water partition coefficient (Wildman–Crippen LogP) is 2.56. The molecule has 1 fully saturated rings. The van der Waals surface area contributed by atoms with Crippen molar-refractivity contribution in [1.82, 2.24) is 5.32 Å². The van der Waals surface area contributed by atoms with Crippen LogP contribution in [0.15, 0.2) is 0 Å². The molecule has 3 heteroatoms. The number of hydrogen-bond donors (Lipinski definition) is 1. The zero-order chi connectivity index (χ0) is 11.9. The van der Waals surface area contributed by atoms with Crippen molar-refractivity contribution in [2.45, 2.75) is 52.7 Å². The fraction of sp³-hybridized carbons (Fsp3) is 1.00. The second-order valence-corrected chi connectivity index (χ2v) is 4.99. The number of rotatable bonds is 8. The van der Waals surface area contributed by atoms with Crippen molar-refractivity contribution < 1.29 is 9.47 Å². The maximum Gasteiger partial charge on any atom is 0.169 e. The van der Waals surface area contributed by atoms with E-state index in [1.807, 2.05) is 13.8 Å². The van der Waals surface area contributed by atoms with Crippen molar-refractivity contribution >= 4 is 0 Å². The molecule has 0 radical (unpaired) electrons. The second-order valence-electron chi connectivity index (χ2n) is 4.99. The summed E-state index contributed by atoms with van der Waals surface area (Å²) in [7, 11) is 0. The smallest absolute Gasteiger partial charge is 0.169 e. The molecule has 0 bridgehead atoms. The fourth-order valence-corrected chi connectivity index (χ4v) is 2.43. The minimum atomic E-state index is -0.0833. The van der Waals surface area contributed by atoms with E-state index in [0.29, 0.717) is 18.6 Å². The highest BCUT2D eigenvalue weighted by atomic mass is 16.7. The molecule has 16 heavy (non-hydrogen) atoms. The molecule has 1 rings (SSSR count). The quantitative estimate of drug-likeness (QED) is 0.649. The summed E-state index contributed by atoms with van der Waals surface area (Å²) in [5.74, 6) is 0. The van der Waals surface area contributed by atoms with Crippen molar-refractivity contribution in [3.8, 4) is 0 Å². The summed E-state index contributed by atoms with van der Waals surface area (Å²) < 4.78 is 11.0. The Balaban J connectivity index is 2.16. The molecule has 0 spiro atoms. The average Bonchev–Trinajstić information content (AvgIpc) is 2.66. The zero-order valence-corrected chi connectivity index (χ0v) is 11.1. The zero-order valence-electron chi connectivity index (χ0n) is 11.1. The lowest BCUT2D eigenvalue weighted by Gasteiger charge is -2.25. The summed E-state index contributed by atoms with van der Waals surface area (Å²) in [4.78, 5) is 0. The highest BCUT2D eigenvalue weighted by Crippen LogP contribution is 2.36. The normalized spacial score (nSPS) is 19.5. The Labute approximate surface area is 99.9 Å². The molecule has 96 valence electrons. The topological polar surface area (TPSA) is 30.5 Å². The van der Waals surface area contributed by atoms with E-state index in [2.05, 4.69) is 12.2 Å². The van der Waals surface area contributed by atoms with E-state index >= 15 is 0 Å². The van der Waals surface area contributed by atoms with Crippen molar-refractivity contribution in [2.75, 3.05) is 26.3 Å². The van der Waals surface area contributed by atoms with E-state index in [1.54, 1.807) is 0 Å². The van der Waals surface area contributed by atoms with Gasteiger partial charge in [0.25, 0.3) is 0 Å². The van der Waals surface area contributed by atoms with Gasteiger partial charge in [-0.25, -0.2) is 0 Å². The van der Waals surface area contributed by atoms with Crippen LogP contribution in [0.5, 0.6) is 0 Å². The van der Waals surface area contributed by atoms with Gasteiger partial charge in [0.2, 0.25) is 0 Å². The summed E-state index contributed by atoms with van der Waals surface area (Å²) >= 11 is 0. The monoisotopic (exact) mass is 229 g/mol. The summed E-state index contributed by atoms with van der Waals surface area (Å²) in [6.07, 6.45) is 5.40. The number of ether oxygens (including phenoxy) is 2. The summed E-state index contributed by atoms with van der Waals surface area (Å²) in [6, 6.07) is 0. The molecule has 0 saturated heterocycles. The van der Waals surface area contributed by atoms with Crippen LogP contribution in [0.25, 0.3) is 0 Å². The van der Waals surface area contributed by atoms with Crippen LogP contribution in [0.3, 0.4) is 0 Å². The second kappa shape index (κ2) is 7.25. The Morgan fingerprint density at radius 2 is 1.69 bits per heavy atom. The van der Waals surface area contributed by atoms with Gasteiger partial charge in [-0.15, -0.1) is 0 Å². The molecule has 1 aliphatic rings. The molecule has 0 amide bonds. The van der Waals surface area contributed by atoms with Gasteiger partial charge in [-0.3, -0.25) is 0 Å². The van der Waals surface area contributed by atoms with E-state index in [1.165, 1.54) is 25.7 Å². The molecule has 1 saturated carbocycles. The standard InChI is InChI=1S/C13H27NO2/c1-4-15-12(16-5-2)10-14-11-13(3)8-6-7-9-13/h12,14H,4-11H2,1-3H3. The first-order chi connectivity index (χ1) is 7.70. The third-order valence-electron chi connectivity index (χ3n) is 3.38. The summed E-state index contributed by atoms with van der Waals surface area (Å²) in [6.45, 7) is 9.70. The third-order valence-corrected chi connectivity index (χ3v) is 3.38. The van der Waals surface area contributed by atoms with Crippen LogP contribution in [-0.4, -0.2) is 32.6 Å². The van der Waals surface area contributed by atoms with E-state index in [4.69, 9.17) is 9.47 Å². The van der Waals surface area contributed by atoms with Crippen LogP contribution in [0.2, 0.25) is 0 Å². The lowest BCUT2D eigenvalue weighted by atomic mass is 9.89. The molecular formula is C13H27NO2. The van der Waals surface area contributed by atoms with E-state index < -0.39 is 0 Å². The molecule has 0 aromatic heterocycles. The van der Waals surface area contributed by atoms with Crippen molar-refractivity contribution in [2.24, 2.45) is 5.41 Å². The molecule has 0 heterocycles. The van der Waals surface area contributed by atoms with Crippen LogP contribution < -0.4 is 5.32 Å². The maximum absolute atomic E-state index is 5.50. The Morgan fingerprint density at radius 3 is 2.19 bits per heavy atom. The highest BCUT2D eigenvalue weighted by Gasteiger charge is 2.28. The molecule has 0 atom stereocenters. The average molecular weight is 229 g/mol. The first-order valence-electron chi connectivity index (χ1n) is 6.64. The molecule has 0 aliphatic heterocycles. The van der Waals surface area contributed by atoms with Gasteiger partial charge in [-0.05, 0) is 32.1 Å². The molecule has 1 aliphatic carbocycles. The summed E-state index contributed by atoms with van der Waals surface area (Å²) in [5, 5.41) is 3.49. The first kappa shape index (κ1) is 13.9. The largest absolute Gasteiger partial charge is 0.352 e. The van der Waals surface area contributed by atoms with E-state index in [0.717, 1.165) is 13.1 Å². The summed E-state index contributed by atoms with van der Waals surface area (Å²) in [5.41, 5.74) is 0.503. The lowest BCUT2D eigenvalue weighted by molar-refractivity contribution is -0.133. The SMILES string of the molecule is CCOC(CNCC1(C)CCCC1)OCC. The minimum Gasteiger partial charge on any atom is -0.352 e. The van der Waals surface area contributed by atoms with E-state index in [-0.39, 0.29) is 6.29 Å². The highest BCUT2D eigenvalue weighted by molar-refractivity contribution is 4.82. The number of hydrogen-bond acceptors (Lipinski definition) is 3.